The van der Waals surface area contributed by atoms with Crippen LogP contribution in [0.25, 0.3) is 0 Å². The molecular weight excluding hydrogens is 340 g/mol. The first-order valence-corrected chi connectivity index (χ1v) is 7.74. The van der Waals surface area contributed by atoms with Gasteiger partial charge in [-0.3, -0.25) is 10.1 Å². The van der Waals surface area contributed by atoms with E-state index in [2.05, 4.69) is 4.99 Å². The molecule has 0 N–H and O–H groups in total. The number of nitro groups is 1. The van der Waals surface area contributed by atoms with Crippen LogP contribution in [-0.4, -0.2) is 37.1 Å². The highest BCUT2D eigenvalue weighted by atomic mass is 16.6. The SMILES string of the molecule is COC(=O)[C@@H]1N=C(c2ccc(OC)cc2)O[C@H]1c1ccc([N+](=O)[O-])cc1. The summed E-state index contributed by atoms with van der Waals surface area (Å²) < 4.78 is 15.8. The van der Waals surface area contributed by atoms with Gasteiger partial charge in [-0.05, 0) is 42.0 Å². The van der Waals surface area contributed by atoms with Crippen LogP contribution in [0.3, 0.4) is 0 Å². The molecule has 0 bridgehead atoms. The fourth-order valence-electron chi connectivity index (χ4n) is 2.62. The van der Waals surface area contributed by atoms with E-state index >= 15 is 0 Å². The summed E-state index contributed by atoms with van der Waals surface area (Å²) in [6, 6.07) is 12.0. The minimum absolute atomic E-state index is 0.0438. The quantitative estimate of drug-likeness (QED) is 0.464. The van der Waals surface area contributed by atoms with Gasteiger partial charge in [-0.25, -0.2) is 9.79 Å². The third-order valence-electron chi connectivity index (χ3n) is 3.99. The zero-order chi connectivity index (χ0) is 18.7. The number of nitrogens with zero attached hydrogens (tertiary/aromatic N) is 2. The number of non-ortho nitro benzene ring substituents is 1. The molecule has 26 heavy (non-hydrogen) atoms. The predicted molar refractivity (Wildman–Crippen MR) is 92.3 cm³/mol. The van der Waals surface area contributed by atoms with Gasteiger partial charge in [0, 0.05) is 17.7 Å². The van der Waals surface area contributed by atoms with Gasteiger partial charge < -0.3 is 14.2 Å². The highest BCUT2D eigenvalue weighted by Crippen LogP contribution is 2.33. The standard InChI is InChI=1S/C18H16N2O6/c1-24-14-9-5-12(6-10-14)17-19-15(18(21)25-2)16(26-17)11-3-7-13(8-4-11)20(22)23/h3-10,15-16H,1-2H3/t15-,16+/m1/s1. The number of hydrogen-bond acceptors (Lipinski definition) is 7. The number of nitro benzene ring substituents is 1. The number of benzene rings is 2. The first-order chi connectivity index (χ1) is 12.5. The minimum Gasteiger partial charge on any atom is -0.497 e. The molecule has 1 aliphatic heterocycles. The second-order valence-electron chi connectivity index (χ2n) is 5.52. The van der Waals surface area contributed by atoms with Gasteiger partial charge in [0.25, 0.3) is 5.69 Å². The lowest BCUT2D eigenvalue weighted by Crippen LogP contribution is -2.25. The van der Waals surface area contributed by atoms with Crippen LogP contribution >= 0.6 is 0 Å². The Balaban J connectivity index is 1.90. The Morgan fingerprint density at radius 1 is 1.12 bits per heavy atom. The second kappa shape index (κ2) is 7.22. The maximum atomic E-state index is 12.1. The summed E-state index contributed by atoms with van der Waals surface area (Å²) in [5, 5.41) is 10.8. The minimum atomic E-state index is -0.890. The summed E-state index contributed by atoms with van der Waals surface area (Å²) in [4.78, 5) is 26.8. The monoisotopic (exact) mass is 356 g/mol. The number of carbonyl (C=O) groups excluding carboxylic acids is 1. The van der Waals surface area contributed by atoms with E-state index < -0.39 is 23.0 Å². The fourth-order valence-corrected chi connectivity index (χ4v) is 2.62. The summed E-state index contributed by atoms with van der Waals surface area (Å²) in [5.41, 5.74) is 1.24. The summed E-state index contributed by atoms with van der Waals surface area (Å²) in [6.07, 6.45) is -0.722. The Labute approximate surface area is 149 Å². The average Bonchev–Trinajstić information content (AvgIpc) is 3.13. The molecular formula is C18H16N2O6. The molecule has 0 amide bonds. The van der Waals surface area contributed by atoms with Gasteiger partial charge in [0.05, 0.1) is 19.1 Å². The molecule has 0 aromatic heterocycles. The second-order valence-corrected chi connectivity index (χ2v) is 5.52. The Morgan fingerprint density at radius 3 is 2.31 bits per heavy atom. The van der Waals surface area contributed by atoms with Crippen molar-refractivity contribution in [3.8, 4) is 5.75 Å². The van der Waals surface area contributed by atoms with Crippen LogP contribution in [0.5, 0.6) is 5.75 Å². The Kier molecular flexibility index (Phi) is 4.83. The molecule has 134 valence electrons. The Hall–Kier alpha value is -3.42. The first kappa shape index (κ1) is 17.4. The van der Waals surface area contributed by atoms with Gasteiger partial charge in [0.15, 0.2) is 12.1 Å². The van der Waals surface area contributed by atoms with Crippen molar-refractivity contribution in [2.45, 2.75) is 12.1 Å². The largest absolute Gasteiger partial charge is 0.497 e. The molecule has 0 radical (unpaired) electrons. The molecule has 0 spiro atoms. The van der Waals surface area contributed by atoms with E-state index in [0.29, 0.717) is 22.8 Å². The number of rotatable bonds is 5. The van der Waals surface area contributed by atoms with Crippen molar-refractivity contribution in [2.75, 3.05) is 14.2 Å². The van der Waals surface area contributed by atoms with E-state index in [1.165, 1.54) is 19.2 Å². The van der Waals surface area contributed by atoms with Crippen LogP contribution in [0.15, 0.2) is 53.5 Å². The van der Waals surface area contributed by atoms with E-state index in [4.69, 9.17) is 14.2 Å². The van der Waals surface area contributed by atoms with Crippen molar-refractivity contribution in [2.24, 2.45) is 4.99 Å². The van der Waals surface area contributed by atoms with Crippen molar-refractivity contribution in [3.05, 3.63) is 69.8 Å². The molecule has 0 saturated carbocycles. The molecule has 3 rings (SSSR count). The van der Waals surface area contributed by atoms with Gasteiger partial charge >= 0.3 is 5.97 Å². The van der Waals surface area contributed by atoms with Crippen molar-refractivity contribution in [1.29, 1.82) is 0 Å². The highest BCUT2D eigenvalue weighted by Gasteiger charge is 2.39. The lowest BCUT2D eigenvalue weighted by molar-refractivity contribution is -0.384. The molecule has 8 heteroatoms. The van der Waals surface area contributed by atoms with E-state index in [-0.39, 0.29) is 5.69 Å². The molecule has 1 aliphatic rings. The molecule has 0 saturated heterocycles. The zero-order valence-corrected chi connectivity index (χ0v) is 14.1. The average molecular weight is 356 g/mol. The summed E-state index contributed by atoms with van der Waals surface area (Å²) >= 11 is 0. The van der Waals surface area contributed by atoms with Crippen molar-refractivity contribution in [1.82, 2.24) is 0 Å². The van der Waals surface area contributed by atoms with E-state index in [9.17, 15) is 14.9 Å². The number of ether oxygens (including phenoxy) is 3. The smallest absolute Gasteiger partial charge is 0.335 e. The van der Waals surface area contributed by atoms with Crippen LogP contribution < -0.4 is 4.74 Å². The number of carbonyl (C=O) groups is 1. The Bertz CT molecular complexity index is 845. The van der Waals surface area contributed by atoms with Crippen LogP contribution in [-0.2, 0) is 14.3 Å². The van der Waals surface area contributed by atoms with Crippen LogP contribution in [0.2, 0.25) is 0 Å². The van der Waals surface area contributed by atoms with Gasteiger partial charge in [0.1, 0.15) is 5.75 Å². The van der Waals surface area contributed by atoms with Gasteiger partial charge in [-0.2, -0.15) is 0 Å². The van der Waals surface area contributed by atoms with Crippen LogP contribution in [0.4, 0.5) is 5.69 Å². The van der Waals surface area contributed by atoms with E-state index in [1.54, 1.807) is 43.5 Å². The third-order valence-corrected chi connectivity index (χ3v) is 3.99. The molecule has 8 nitrogen and oxygen atoms in total. The molecule has 2 atom stereocenters. The highest BCUT2D eigenvalue weighted by molar-refractivity contribution is 5.98. The predicted octanol–water partition coefficient (Wildman–Crippen LogP) is 2.66. The van der Waals surface area contributed by atoms with Crippen molar-refractivity contribution in [3.63, 3.8) is 0 Å². The summed E-state index contributed by atoms with van der Waals surface area (Å²) in [7, 11) is 2.84. The van der Waals surface area contributed by atoms with E-state index in [1.807, 2.05) is 0 Å². The van der Waals surface area contributed by atoms with Crippen molar-refractivity contribution < 1.29 is 23.9 Å². The summed E-state index contributed by atoms with van der Waals surface area (Å²) in [6.45, 7) is 0. The number of methoxy groups -OCH3 is 2. The maximum Gasteiger partial charge on any atom is 0.335 e. The zero-order valence-electron chi connectivity index (χ0n) is 14.1. The summed E-state index contributed by atoms with van der Waals surface area (Å²) in [5.74, 6) is 0.437. The molecule has 0 fully saturated rings. The van der Waals surface area contributed by atoms with Crippen LogP contribution in [0, 0.1) is 10.1 Å². The van der Waals surface area contributed by atoms with E-state index in [0.717, 1.165) is 0 Å². The van der Waals surface area contributed by atoms with Gasteiger partial charge in [0.2, 0.25) is 5.90 Å². The number of esters is 1. The molecule has 2 aromatic rings. The van der Waals surface area contributed by atoms with Crippen LogP contribution in [0.1, 0.15) is 17.2 Å². The third kappa shape index (κ3) is 3.34. The topological polar surface area (TPSA) is 100 Å². The van der Waals surface area contributed by atoms with Crippen molar-refractivity contribution >= 4 is 17.6 Å². The normalized spacial score (nSPS) is 18.6. The maximum absolute atomic E-state index is 12.1. The van der Waals surface area contributed by atoms with Gasteiger partial charge in [-0.15, -0.1) is 0 Å². The molecule has 0 aliphatic carbocycles. The fraction of sp³-hybridized carbons (Fsp3) is 0.222. The number of aliphatic imine (C=N–C) groups is 1. The lowest BCUT2D eigenvalue weighted by Gasteiger charge is -2.16. The molecule has 2 aromatic carbocycles. The lowest BCUT2D eigenvalue weighted by atomic mass is 10.0. The molecule has 0 unspecified atom stereocenters. The van der Waals surface area contributed by atoms with Gasteiger partial charge in [-0.1, -0.05) is 0 Å². The number of hydrogen-bond donors (Lipinski definition) is 0. The first-order valence-electron chi connectivity index (χ1n) is 7.74. The Morgan fingerprint density at radius 2 is 1.77 bits per heavy atom. The molecule has 1 heterocycles.